The molecule has 2 aromatic rings. The van der Waals surface area contributed by atoms with Crippen LogP contribution < -0.4 is 10.2 Å². The zero-order valence-electron chi connectivity index (χ0n) is 16.4. The summed E-state index contributed by atoms with van der Waals surface area (Å²) < 4.78 is 5.30. The van der Waals surface area contributed by atoms with Crippen molar-refractivity contribution in [2.75, 3.05) is 35.1 Å². The Labute approximate surface area is 185 Å². The Bertz CT molecular complexity index is 964. The van der Waals surface area contributed by atoms with E-state index in [1.54, 1.807) is 30.3 Å². The molecule has 0 fully saturated rings. The van der Waals surface area contributed by atoms with Crippen LogP contribution in [0.1, 0.15) is 18.1 Å². The van der Waals surface area contributed by atoms with Crippen LogP contribution in [0.15, 0.2) is 59.2 Å². The summed E-state index contributed by atoms with van der Waals surface area (Å²) >= 11 is 11.7. The average molecular weight is 446 g/mol. The predicted molar refractivity (Wildman–Crippen MR) is 121 cm³/mol. The third-order valence-electron chi connectivity index (χ3n) is 4.34. The molecule has 1 aliphatic heterocycles. The van der Waals surface area contributed by atoms with Gasteiger partial charge in [0.25, 0.3) is 0 Å². The van der Waals surface area contributed by atoms with Gasteiger partial charge in [-0.25, -0.2) is 9.79 Å². The van der Waals surface area contributed by atoms with Crippen molar-refractivity contribution < 1.29 is 14.3 Å². The molecule has 1 heterocycles. The minimum absolute atomic E-state index is 0.156. The van der Waals surface area contributed by atoms with Crippen LogP contribution in [0.4, 0.5) is 11.4 Å². The van der Waals surface area contributed by atoms with Crippen LogP contribution >= 0.6 is 23.2 Å². The normalized spacial score (nSPS) is 14.4. The molecule has 0 atom stereocenters. The molecule has 1 amide bonds. The van der Waals surface area contributed by atoms with Gasteiger partial charge in [0.1, 0.15) is 0 Å². The first-order valence-electron chi connectivity index (χ1n) is 9.37. The molecule has 8 heteroatoms. The Hall–Kier alpha value is -2.83. The number of carbonyl (C=O) groups is 2. The van der Waals surface area contributed by atoms with E-state index < -0.39 is 5.97 Å². The quantitative estimate of drug-likeness (QED) is 0.374. The minimum atomic E-state index is -0.508. The second-order valence-electron chi connectivity index (χ2n) is 6.55. The number of cyclic esters (lactones) is 1. The first kappa shape index (κ1) is 21.9. The van der Waals surface area contributed by atoms with Gasteiger partial charge >= 0.3 is 5.97 Å². The molecular weight excluding hydrogens is 425 g/mol. The third-order valence-corrected chi connectivity index (χ3v) is 4.68. The number of aliphatic imine (C=N–C) groups is 1. The van der Waals surface area contributed by atoms with Gasteiger partial charge in [0.15, 0.2) is 5.70 Å². The summed E-state index contributed by atoms with van der Waals surface area (Å²) in [6, 6.07) is 14.6. The fourth-order valence-electron chi connectivity index (χ4n) is 2.95. The number of alkyl halides is 2. The number of hydrogen-bond donors (Lipinski definition) is 1. The molecule has 30 heavy (non-hydrogen) atoms. The number of ether oxygens (including phenoxy) is 1. The first-order chi connectivity index (χ1) is 14.5. The van der Waals surface area contributed by atoms with Gasteiger partial charge in [-0.1, -0.05) is 12.1 Å². The highest BCUT2D eigenvalue weighted by Gasteiger charge is 2.24. The van der Waals surface area contributed by atoms with Crippen LogP contribution in [-0.2, 0) is 14.3 Å². The van der Waals surface area contributed by atoms with Crippen molar-refractivity contribution in [2.24, 2.45) is 4.99 Å². The van der Waals surface area contributed by atoms with Gasteiger partial charge in [-0.2, -0.15) is 0 Å². The molecule has 1 aliphatic rings. The number of benzene rings is 2. The largest absolute Gasteiger partial charge is 0.402 e. The standard InChI is InChI=1S/C22H21Cl2N3O3/c1-15(28)25-18-6-4-17(5-7-18)21-26-20(22(29)30-21)14-16-2-8-19(9-3-16)27(12-10-23)13-11-24/h2-9,14H,10-13H2,1H3,(H,25,28)/b20-14+. The lowest BCUT2D eigenvalue weighted by Gasteiger charge is -2.22. The Morgan fingerprint density at radius 3 is 2.27 bits per heavy atom. The Morgan fingerprint density at radius 1 is 1.07 bits per heavy atom. The molecule has 0 saturated carbocycles. The topological polar surface area (TPSA) is 71.0 Å². The van der Waals surface area contributed by atoms with Crippen LogP contribution in [0, 0.1) is 0 Å². The Balaban J connectivity index is 1.76. The van der Waals surface area contributed by atoms with Crippen molar-refractivity contribution in [3.8, 4) is 0 Å². The summed E-state index contributed by atoms with van der Waals surface area (Å²) in [6.07, 6.45) is 1.68. The summed E-state index contributed by atoms with van der Waals surface area (Å²) in [5.41, 5.74) is 3.37. The van der Waals surface area contributed by atoms with Crippen LogP contribution in [0.25, 0.3) is 6.08 Å². The predicted octanol–water partition coefficient (Wildman–Crippen LogP) is 4.27. The summed E-state index contributed by atoms with van der Waals surface area (Å²) in [5, 5.41) is 2.68. The molecule has 0 aliphatic carbocycles. The molecular formula is C22H21Cl2N3O3. The molecule has 3 rings (SSSR count). The van der Waals surface area contributed by atoms with E-state index in [-0.39, 0.29) is 17.5 Å². The summed E-state index contributed by atoms with van der Waals surface area (Å²) in [4.78, 5) is 29.7. The maximum atomic E-state index is 12.2. The number of hydrogen-bond acceptors (Lipinski definition) is 5. The summed E-state index contributed by atoms with van der Waals surface area (Å²) in [7, 11) is 0. The monoisotopic (exact) mass is 445 g/mol. The molecule has 0 aromatic heterocycles. The van der Waals surface area contributed by atoms with Crippen LogP contribution in [0.2, 0.25) is 0 Å². The van der Waals surface area contributed by atoms with Crippen molar-refractivity contribution in [2.45, 2.75) is 6.92 Å². The highest BCUT2D eigenvalue weighted by atomic mass is 35.5. The number of nitrogens with one attached hydrogen (secondary N) is 1. The molecule has 0 bridgehead atoms. The number of halogens is 2. The average Bonchev–Trinajstić information content (AvgIpc) is 3.09. The van der Waals surface area contributed by atoms with E-state index in [9.17, 15) is 9.59 Å². The minimum Gasteiger partial charge on any atom is -0.402 e. The second kappa shape index (κ2) is 10.3. The molecule has 0 radical (unpaired) electrons. The summed E-state index contributed by atoms with van der Waals surface area (Å²) in [5.74, 6) is 0.589. The number of nitrogens with zero attached hydrogens (tertiary/aromatic N) is 2. The number of rotatable bonds is 8. The molecule has 2 aromatic carbocycles. The zero-order chi connectivity index (χ0) is 21.5. The van der Waals surface area contributed by atoms with Gasteiger partial charge in [0.2, 0.25) is 11.8 Å². The van der Waals surface area contributed by atoms with Gasteiger partial charge in [0, 0.05) is 48.7 Å². The molecule has 1 N–H and O–H groups in total. The number of esters is 1. The van der Waals surface area contributed by atoms with Crippen LogP contribution in [0.5, 0.6) is 0 Å². The van der Waals surface area contributed by atoms with Gasteiger partial charge in [-0.3, -0.25) is 4.79 Å². The highest BCUT2D eigenvalue weighted by molar-refractivity contribution is 6.18. The Kier molecular flexibility index (Phi) is 7.49. The molecule has 0 unspecified atom stereocenters. The van der Waals surface area contributed by atoms with Crippen molar-refractivity contribution in [1.29, 1.82) is 0 Å². The zero-order valence-corrected chi connectivity index (χ0v) is 17.9. The van der Waals surface area contributed by atoms with Gasteiger partial charge < -0.3 is 15.0 Å². The van der Waals surface area contributed by atoms with Crippen molar-refractivity contribution >= 4 is 58.4 Å². The van der Waals surface area contributed by atoms with Gasteiger partial charge in [-0.15, -0.1) is 23.2 Å². The van der Waals surface area contributed by atoms with Crippen LogP contribution in [0.3, 0.4) is 0 Å². The maximum absolute atomic E-state index is 12.2. The molecule has 6 nitrogen and oxygen atoms in total. The van der Waals surface area contributed by atoms with E-state index in [4.69, 9.17) is 27.9 Å². The first-order valence-corrected chi connectivity index (χ1v) is 10.4. The van der Waals surface area contributed by atoms with Crippen molar-refractivity contribution in [3.63, 3.8) is 0 Å². The summed E-state index contributed by atoms with van der Waals surface area (Å²) in [6.45, 7) is 2.85. The van der Waals surface area contributed by atoms with Gasteiger partial charge in [-0.05, 0) is 48.0 Å². The second-order valence-corrected chi connectivity index (χ2v) is 7.31. The fourth-order valence-corrected chi connectivity index (χ4v) is 3.35. The lowest BCUT2D eigenvalue weighted by atomic mass is 10.1. The van der Waals surface area contributed by atoms with Crippen LogP contribution in [-0.4, -0.2) is 42.6 Å². The lowest BCUT2D eigenvalue weighted by molar-refractivity contribution is -0.129. The van der Waals surface area contributed by atoms with E-state index >= 15 is 0 Å². The molecule has 0 saturated heterocycles. The van der Waals surface area contributed by atoms with Crippen molar-refractivity contribution in [3.05, 3.63) is 65.4 Å². The SMILES string of the molecule is CC(=O)Nc1ccc(C2=N/C(=C/c3ccc(N(CCCl)CCCl)cc3)C(=O)O2)cc1. The van der Waals surface area contributed by atoms with Gasteiger partial charge in [0.05, 0.1) is 0 Å². The highest BCUT2D eigenvalue weighted by Crippen LogP contribution is 2.22. The third kappa shape index (κ3) is 5.62. The fraction of sp³-hybridized carbons (Fsp3) is 0.227. The lowest BCUT2D eigenvalue weighted by Crippen LogP contribution is -2.27. The smallest absolute Gasteiger partial charge is 0.363 e. The van der Waals surface area contributed by atoms with E-state index in [1.807, 2.05) is 24.3 Å². The Morgan fingerprint density at radius 2 is 1.70 bits per heavy atom. The molecule has 156 valence electrons. The van der Waals surface area contributed by atoms with E-state index in [2.05, 4.69) is 15.2 Å². The molecule has 0 spiro atoms. The van der Waals surface area contributed by atoms with E-state index in [0.717, 1.165) is 11.3 Å². The van der Waals surface area contributed by atoms with E-state index in [1.165, 1.54) is 6.92 Å². The maximum Gasteiger partial charge on any atom is 0.363 e. The van der Waals surface area contributed by atoms with Crippen molar-refractivity contribution in [1.82, 2.24) is 0 Å². The number of anilines is 2. The number of amides is 1. The van der Waals surface area contributed by atoms with E-state index in [0.29, 0.717) is 36.1 Å². The number of carbonyl (C=O) groups excluding carboxylic acids is 2.